The highest BCUT2D eigenvalue weighted by Gasteiger charge is 2.33. The first-order chi connectivity index (χ1) is 8.67. The summed E-state index contributed by atoms with van der Waals surface area (Å²) >= 11 is 3.42. The van der Waals surface area contributed by atoms with E-state index in [0.717, 1.165) is 48.1 Å². The van der Waals surface area contributed by atoms with Crippen LogP contribution in [-0.4, -0.2) is 38.9 Å². The summed E-state index contributed by atoms with van der Waals surface area (Å²) in [4.78, 5) is 14.5. The summed E-state index contributed by atoms with van der Waals surface area (Å²) in [5.74, 6) is 0.104. The molecule has 5 heteroatoms. The highest BCUT2D eigenvalue weighted by Crippen LogP contribution is 2.28. The fourth-order valence-corrected chi connectivity index (χ4v) is 2.42. The number of rotatable bonds is 5. The molecule has 0 N–H and O–H groups in total. The number of nitrogens with zero attached hydrogens (tertiary/aromatic N) is 3. The van der Waals surface area contributed by atoms with Crippen molar-refractivity contribution in [1.82, 2.24) is 15.1 Å². The number of hydrogen-bond donors (Lipinski definition) is 0. The van der Waals surface area contributed by atoms with Crippen LogP contribution in [0.4, 0.5) is 0 Å². The molecule has 0 radical (unpaired) electrons. The third-order valence-electron chi connectivity index (χ3n) is 3.13. The van der Waals surface area contributed by atoms with E-state index in [1.54, 1.807) is 0 Å². The third kappa shape index (κ3) is 2.88. The fraction of sp³-hybridized carbons (Fsp3) is 0.615. The zero-order valence-electron chi connectivity index (χ0n) is 10.8. The van der Waals surface area contributed by atoms with Crippen LogP contribution in [0.15, 0.2) is 6.07 Å². The molecule has 18 heavy (non-hydrogen) atoms. The normalized spacial score (nSPS) is 14.6. The average Bonchev–Trinajstić information content (AvgIpc) is 3.19. The molecule has 0 spiro atoms. The van der Waals surface area contributed by atoms with Crippen LogP contribution in [0.25, 0.3) is 0 Å². The van der Waals surface area contributed by atoms with Crippen molar-refractivity contribution in [1.29, 1.82) is 0 Å². The average molecular weight is 312 g/mol. The molecule has 0 unspecified atom stereocenters. The second-order valence-corrected chi connectivity index (χ2v) is 5.41. The zero-order valence-corrected chi connectivity index (χ0v) is 12.4. The van der Waals surface area contributed by atoms with E-state index in [1.807, 2.05) is 24.8 Å². The van der Waals surface area contributed by atoms with Gasteiger partial charge in [-0.25, -0.2) is 0 Å². The van der Waals surface area contributed by atoms with E-state index in [-0.39, 0.29) is 5.91 Å². The molecule has 4 nitrogen and oxygen atoms in total. The molecule has 1 aliphatic rings. The van der Waals surface area contributed by atoms with Gasteiger partial charge in [-0.15, -0.1) is 0 Å². The van der Waals surface area contributed by atoms with Crippen LogP contribution in [0.5, 0.6) is 0 Å². The van der Waals surface area contributed by atoms with Crippen LogP contribution in [-0.2, 0) is 6.42 Å². The van der Waals surface area contributed by atoms with Gasteiger partial charge in [0.1, 0.15) is 0 Å². The highest BCUT2D eigenvalue weighted by molar-refractivity contribution is 9.09. The molecular weight excluding hydrogens is 294 g/mol. The lowest BCUT2D eigenvalue weighted by atomic mass is 10.1. The Hall–Kier alpha value is -0.970. The predicted molar refractivity (Wildman–Crippen MR) is 74.0 cm³/mol. The van der Waals surface area contributed by atoms with E-state index in [0.29, 0.717) is 6.04 Å². The van der Waals surface area contributed by atoms with Crippen molar-refractivity contribution in [3.05, 3.63) is 23.0 Å². The first-order valence-corrected chi connectivity index (χ1v) is 7.49. The maximum absolute atomic E-state index is 12.6. The topological polar surface area (TPSA) is 46.1 Å². The molecule has 1 aromatic heterocycles. The SMILES string of the molecule is CCc1nnc(C)cc1C(=O)N(CCBr)C1CC1. The third-order valence-corrected chi connectivity index (χ3v) is 3.49. The monoisotopic (exact) mass is 311 g/mol. The number of aromatic nitrogens is 2. The van der Waals surface area contributed by atoms with Gasteiger partial charge in [0, 0.05) is 17.9 Å². The van der Waals surface area contributed by atoms with Crippen molar-refractivity contribution < 1.29 is 4.79 Å². The van der Waals surface area contributed by atoms with E-state index in [9.17, 15) is 4.79 Å². The van der Waals surface area contributed by atoms with Crippen LogP contribution in [0.1, 0.15) is 41.5 Å². The van der Waals surface area contributed by atoms with Gasteiger partial charge in [0.2, 0.25) is 0 Å². The number of alkyl halides is 1. The molecule has 98 valence electrons. The van der Waals surface area contributed by atoms with E-state index in [1.165, 1.54) is 0 Å². The van der Waals surface area contributed by atoms with Crippen LogP contribution >= 0.6 is 15.9 Å². The van der Waals surface area contributed by atoms with Crippen molar-refractivity contribution in [2.75, 3.05) is 11.9 Å². The van der Waals surface area contributed by atoms with Gasteiger partial charge in [0.25, 0.3) is 5.91 Å². The Kier molecular flexibility index (Phi) is 4.32. The predicted octanol–water partition coefficient (Wildman–Crippen LogP) is 2.35. The van der Waals surface area contributed by atoms with Crippen molar-refractivity contribution in [2.45, 2.75) is 39.2 Å². The van der Waals surface area contributed by atoms with Crippen LogP contribution in [0.3, 0.4) is 0 Å². The lowest BCUT2D eigenvalue weighted by Gasteiger charge is -2.22. The Balaban J connectivity index is 2.28. The Labute approximate surface area is 116 Å². The number of amides is 1. The molecule has 0 saturated heterocycles. The van der Waals surface area contributed by atoms with Crippen molar-refractivity contribution >= 4 is 21.8 Å². The first-order valence-electron chi connectivity index (χ1n) is 6.37. The number of halogens is 1. The number of hydrogen-bond acceptors (Lipinski definition) is 3. The molecule has 2 rings (SSSR count). The lowest BCUT2D eigenvalue weighted by Crippen LogP contribution is -2.35. The number of carbonyl (C=O) groups excluding carboxylic acids is 1. The number of aryl methyl sites for hydroxylation is 2. The quantitative estimate of drug-likeness (QED) is 0.784. The van der Waals surface area contributed by atoms with Gasteiger partial charge >= 0.3 is 0 Å². The second kappa shape index (κ2) is 5.78. The Morgan fingerprint density at radius 3 is 2.78 bits per heavy atom. The zero-order chi connectivity index (χ0) is 13.1. The molecule has 1 heterocycles. The van der Waals surface area contributed by atoms with Crippen molar-refractivity contribution in [3.63, 3.8) is 0 Å². The molecule has 1 amide bonds. The van der Waals surface area contributed by atoms with Crippen LogP contribution < -0.4 is 0 Å². The summed E-state index contributed by atoms with van der Waals surface area (Å²) in [6.07, 6.45) is 2.98. The van der Waals surface area contributed by atoms with E-state index in [2.05, 4.69) is 26.1 Å². The van der Waals surface area contributed by atoms with E-state index < -0.39 is 0 Å². The Bertz CT molecular complexity index is 446. The van der Waals surface area contributed by atoms with E-state index >= 15 is 0 Å². The Morgan fingerprint density at radius 1 is 1.50 bits per heavy atom. The summed E-state index contributed by atoms with van der Waals surface area (Å²) in [6, 6.07) is 2.28. The van der Waals surface area contributed by atoms with Crippen molar-refractivity contribution in [3.8, 4) is 0 Å². The van der Waals surface area contributed by atoms with Crippen molar-refractivity contribution in [2.24, 2.45) is 0 Å². The standard InChI is InChI=1S/C13H18BrN3O/c1-3-12-11(8-9(2)15-16-12)13(18)17(7-6-14)10-4-5-10/h8,10H,3-7H2,1-2H3. The van der Waals surface area contributed by atoms with Gasteiger partial charge in [-0.3, -0.25) is 4.79 Å². The van der Waals surface area contributed by atoms with Crippen LogP contribution in [0, 0.1) is 6.92 Å². The minimum atomic E-state index is 0.104. The summed E-state index contributed by atoms with van der Waals surface area (Å²) in [5.41, 5.74) is 2.31. The summed E-state index contributed by atoms with van der Waals surface area (Å²) in [5, 5.41) is 8.97. The summed E-state index contributed by atoms with van der Waals surface area (Å²) < 4.78 is 0. The minimum Gasteiger partial charge on any atom is -0.335 e. The summed E-state index contributed by atoms with van der Waals surface area (Å²) in [6.45, 7) is 4.63. The van der Waals surface area contributed by atoms with Gasteiger partial charge in [-0.1, -0.05) is 22.9 Å². The molecular formula is C13H18BrN3O. The molecule has 0 atom stereocenters. The molecule has 1 saturated carbocycles. The second-order valence-electron chi connectivity index (χ2n) is 4.62. The largest absolute Gasteiger partial charge is 0.335 e. The molecule has 0 aliphatic heterocycles. The van der Waals surface area contributed by atoms with Gasteiger partial charge in [-0.05, 0) is 32.3 Å². The maximum Gasteiger partial charge on any atom is 0.256 e. The lowest BCUT2D eigenvalue weighted by molar-refractivity contribution is 0.0752. The first kappa shape index (κ1) is 13.5. The van der Waals surface area contributed by atoms with Gasteiger partial charge < -0.3 is 4.90 Å². The number of carbonyl (C=O) groups is 1. The molecule has 0 aromatic carbocycles. The molecule has 1 fully saturated rings. The smallest absolute Gasteiger partial charge is 0.256 e. The van der Waals surface area contributed by atoms with Gasteiger partial charge in [-0.2, -0.15) is 10.2 Å². The summed E-state index contributed by atoms with van der Waals surface area (Å²) in [7, 11) is 0. The highest BCUT2D eigenvalue weighted by atomic mass is 79.9. The molecule has 1 aliphatic carbocycles. The minimum absolute atomic E-state index is 0.104. The molecule has 1 aromatic rings. The van der Waals surface area contributed by atoms with Crippen LogP contribution in [0.2, 0.25) is 0 Å². The maximum atomic E-state index is 12.6. The van der Waals surface area contributed by atoms with Gasteiger partial charge in [0.15, 0.2) is 0 Å². The van der Waals surface area contributed by atoms with E-state index in [4.69, 9.17) is 0 Å². The van der Waals surface area contributed by atoms with Gasteiger partial charge in [0.05, 0.1) is 17.0 Å². The Morgan fingerprint density at radius 2 is 2.22 bits per heavy atom. The molecule has 0 bridgehead atoms. The fourth-order valence-electron chi connectivity index (χ4n) is 2.04.